The lowest BCUT2D eigenvalue weighted by Crippen LogP contribution is -2.43. The summed E-state index contributed by atoms with van der Waals surface area (Å²) in [4.78, 5) is 18.3. The Morgan fingerprint density at radius 3 is 3.13 bits per heavy atom. The number of methoxy groups -OCH3 is 1. The Labute approximate surface area is 138 Å². The zero-order valence-electron chi connectivity index (χ0n) is 12.6. The second-order valence-electron chi connectivity index (χ2n) is 5.12. The van der Waals surface area contributed by atoms with E-state index in [0.717, 1.165) is 5.56 Å². The van der Waals surface area contributed by atoms with Crippen molar-refractivity contribution in [3.8, 4) is 5.75 Å². The normalized spacial score (nSPS) is 18.0. The molecule has 0 bridgehead atoms. The minimum atomic E-state index is -0.368. The topological polar surface area (TPSA) is 77.7 Å². The third-order valence-electron chi connectivity index (χ3n) is 3.67. The Hall–Kier alpha value is -2.12. The van der Waals surface area contributed by atoms with E-state index >= 15 is 0 Å². The number of morpholine rings is 1. The van der Waals surface area contributed by atoms with Crippen LogP contribution in [0, 0.1) is 0 Å². The summed E-state index contributed by atoms with van der Waals surface area (Å²) >= 11 is 6.01. The highest BCUT2D eigenvalue weighted by Crippen LogP contribution is 2.25. The molecule has 2 heterocycles. The lowest BCUT2D eigenvalue weighted by atomic mass is 10.1. The molecule has 8 heteroatoms. The summed E-state index contributed by atoms with van der Waals surface area (Å²) in [5.41, 5.74) is 0.757. The number of hydrogen-bond acceptors (Lipinski definition) is 6. The van der Waals surface area contributed by atoms with Gasteiger partial charge in [0.25, 0.3) is 0 Å². The minimum absolute atomic E-state index is 0.0256. The summed E-state index contributed by atoms with van der Waals surface area (Å²) in [5.74, 6) is 1.07. The molecule has 0 N–H and O–H groups in total. The van der Waals surface area contributed by atoms with Crippen LogP contribution in [0.3, 0.4) is 0 Å². The maximum atomic E-state index is 12.6. The predicted molar refractivity (Wildman–Crippen MR) is 81.3 cm³/mol. The van der Waals surface area contributed by atoms with Gasteiger partial charge in [-0.1, -0.05) is 16.8 Å². The fourth-order valence-corrected chi connectivity index (χ4v) is 2.71. The highest BCUT2D eigenvalue weighted by Gasteiger charge is 2.28. The van der Waals surface area contributed by atoms with Crippen LogP contribution in [0.5, 0.6) is 5.75 Å². The van der Waals surface area contributed by atoms with E-state index in [0.29, 0.717) is 36.3 Å². The van der Waals surface area contributed by atoms with Gasteiger partial charge in [-0.05, 0) is 18.2 Å². The third kappa shape index (κ3) is 3.62. The van der Waals surface area contributed by atoms with E-state index in [1.807, 2.05) is 0 Å². The number of ether oxygens (including phenoxy) is 2. The zero-order valence-corrected chi connectivity index (χ0v) is 13.3. The van der Waals surface area contributed by atoms with Crippen LogP contribution in [0.25, 0.3) is 0 Å². The maximum Gasteiger partial charge on any atom is 0.227 e. The van der Waals surface area contributed by atoms with Crippen molar-refractivity contribution >= 4 is 17.5 Å². The Kier molecular flexibility index (Phi) is 4.78. The standard InChI is InChI=1S/C15H16ClN3O4/c1-21-12-3-2-11(16)6-10(12)7-14(20)19-4-5-22-13(8-19)15-17-9-23-18-15/h2-3,6,9,13H,4-5,7-8H2,1H3/t13-/m0/s1. The van der Waals surface area contributed by atoms with E-state index in [-0.39, 0.29) is 18.4 Å². The van der Waals surface area contributed by atoms with Crippen LogP contribution in [-0.2, 0) is 16.0 Å². The average Bonchev–Trinajstić information content (AvgIpc) is 3.10. The zero-order chi connectivity index (χ0) is 16.2. The Morgan fingerprint density at radius 1 is 1.52 bits per heavy atom. The molecule has 3 rings (SSSR count). The summed E-state index contributed by atoms with van der Waals surface area (Å²) in [6.07, 6.45) is 1.09. The second kappa shape index (κ2) is 6.97. The largest absolute Gasteiger partial charge is 0.496 e. The van der Waals surface area contributed by atoms with Crippen LogP contribution in [0.4, 0.5) is 0 Å². The van der Waals surface area contributed by atoms with Crippen molar-refractivity contribution in [3.05, 3.63) is 41.0 Å². The first-order valence-electron chi connectivity index (χ1n) is 7.15. The van der Waals surface area contributed by atoms with Gasteiger partial charge in [0.2, 0.25) is 18.1 Å². The minimum Gasteiger partial charge on any atom is -0.496 e. The van der Waals surface area contributed by atoms with E-state index in [2.05, 4.69) is 10.1 Å². The van der Waals surface area contributed by atoms with E-state index < -0.39 is 0 Å². The van der Waals surface area contributed by atoms with Gasteiger partial charge in [-0.15, -0.1) is 0 Å². The first kappa shape index (κ1) is 15.8. The molecule has 7 nitrogen and oxygen atoms in total. The molecule has 0 spiro atoms. The van der Waals surface area contributed by atoms with E-state index in [4.69, 9.17) is 25.6 Å². The Morgan fingerprint density at radius 2 is 2.39 bits per heavy atom. The third-order valence-corrected chi connectivity index (χ3v) is 3.90. The summed E-state index contributed by atoms with van der Waals surface area (Å²) < 4.78 is 15.6. The van der Waals surface area contributed by atoms with Crippen molar-refractivity contribution in [1.29, 1.82) is 0 Å². The number of nitrogens with zero attached hydrogens (tertiary/aromatic N) is 3. The van der Waals surface area contributed by atoms with Crippen LogP contribution in [0.1, 0.15) is 17.5 Å². The summed E-state index contributed by atoms with van der Waals surface area (Å²) in [6.45, 7) is 1.34. The quantitative estimate of drug-likeness (QED) is 0.847. The predicted octanol–water partition coefficient (Wildman–Crippen LogP) is 1.87. The molecule has 1 fully saturated rings. The van der Waals surface area contributed by atoms with E-state index in [9.17, 15) is 4.79 Å². The molecule has 2 aromatic rings. The number of halogens is 1. The van der Waals surface area contributed by atoms with Gasteiger partial charge in [0.1, 0.15) is 11.9 Å². The van der Waals surface area contributed by atoms with Gasteiger partial charge in [-0.2, -0.15) is 4.98 Å². The molecule has 0 saturated carbocycles. The van der Waals surface area contributed by atoms with Crippen molar-refractivity contribution in [2.45, 2.75) is 12.5 Å². The summed E-state index contributed by atoms with van der Waals surface area (Å²) in [6, 6.07) is 5.23. The molecular formula is C15H16ClN3O4. The van der Waals surface area contributed by atoms with E-state index in [1.165, 1.54) is 6.39 Å². The number of hydrogen-bond donors (Lipinski definition) is 0. The van der Waals surface area contributed by atoms with Crippen LogP contribution >= 0.6 is 11.6 Å². The molecule has 1 aromatic heterocycles. The number of amides is 1. The molecule has 1 aliphatic rings. The monoisotopic (exact) mass is 337 g/mol. The molecule has 122 valence electrons. The number of carbonyl (C=O) groups excluding carboxylic acids is 1. The van der Waals surface area contributed by atoms with Gasteiger partial charge in [-0.25, -0.2) is 0 Å². The van der Waals surface area contributed by atoms with Gasteiger partial charge < -0.3 is 18.9 Å². The Bertz CT molecular complexity index is 677. The van der Waals surface area contributed by atoms with Crippen molar-refractivity contribution < 1.29 is 18.8 Å². The SMILES string of the molecule is COc1ccc(Cl)cc1CC(=O)N1CCO[C@H](c2ncon2)C1. The van der Waals surface area contributed by atoms with Crippen LogP contribution in [0.15, 0.2) is 29.1 Å². The molecule has 0 radical (unpaired) electrons. The summed E-state index contributed by atoms with van der Waals surface area (Å²) in [5, 5.41) is 4.34. The molecule has 1 saturated heterocycles. The van der Waals surface area contributed by atoms with Crippen molar-refractivity contribution in [1.82, 2.24) is 15.0 Å². The molecular weight excluding hydrogens is 322 g/mol. The molecule has 0 aliphatic carbocycles. The molecule has 0 unspecified atom stereocenters. The van der Waals surface area contributed by atoms with Crippen LogP contribution in [-0.4, -0.2) is 47.8 Å². The van der Waals surface area contributed by atoms with Gasteiger partial charge in [0, 0.05) is 17.1 Å². The maximum absolute atomic E-state index is 12.6. The van der Waals surface area contributed by atoms with Gasteiger partial charge in [-0.3, -0.25) is 4.79 Å². The van der Waals surface area contributed by atoms with Gasteiger partial charge in [0.05, 0.1) is 26.7 Å². The fourth-order valence-electron chi connectivity index (χ4n) is 2.51. The van der Waals surface area contributed by atoms with Crippen LogP contribution in [0.2, 0.25) is 5.02 Å². The summed E-state index contributed by atoms with van der Waals surface area (Å²) in [7, 11) is 1.57. The van der Waals surface area contributed by atoms with Crippen LogP contribution < -0.4 is 4.74 Å². The highest BCUT2D eigenvalue weighted by molar-refractivity contribution is 6.30. The van der Waals surface area contributed by atoms with E-state index in [1.54, 1.807) is 30.2 Å². The number of rotatable bonds is 4. The molecule has 1 aromatic carbocycles. The van der Waals surface area contributed by atoms with Crippen molar-refractivity contribution in [2.24, 2.45) is 0 Å². The van der Waals surface area contributed by atoms with Crippen molar-refractivity contribution in [3.63, 3.8) is 0 Å². The first-order valence-corrected chi connectivity index (χ1v) is 7.53. The van der Waals surface area contributed by atoms with Crippen molar-refractivity contribution in [2.75, 3.05) is 26.8 Å². The molecule has 1 aliphatic heterocycles. The number of aromatic nitrogens is 2. The smallest absolute Gasteiger partial charge is 0.227 e. The molecule has 23 heavy (non-hydrogen) atoms. The van der Waals surface area contributed by atoms with Gasteiger partial charge >= 0.3 is 0 Å². The highest BCUT2D eigenvalue weighted by atomic mass is 35.5. The second-order valence-corrected chi connectivity index (χ2v) is 5.56. The van der Waals surface area contributed by atoms with Gasteiger partial charge in [0.15, 0.2) is 0 Å². The fraction of sp³-hybridized carbons (Fsp3) is 0.400. The lowest BCUT2D eigenvalue weighted by Gasteiger charge is -2.31. The molecule has 1 atom stereocenters. The first-order chi connectivity index (χ1) is 11.2. The molecule has 1 amide bonds. The Balaban J connectivity index is 1.69. The lowest BCUT2D eigenvalue weighted by molar-refractivity contribution is -0.138. The number of carbonyl (C=O) groups is 1. The average molecular weight is 338 g/mol. The number of benzene rings is 1.